The molecule has 0 aliphatic heterocycles. The van der Waals surface area contributed by atoms with E-state index in [0.29, 0.717) is 29.2 Å². The van der Waals surface area contributed by atoms with Crippen LogP contribution in [-0.2, 0) is 4.79 Å². The Morgan fingerprint density at radius 2 is 2.05 bits per heavy atom. The lowest BCUT2D eigenvalue weighted by Crippen LogP contribution is -2.34. The molecule has 0 amide bonds. The number of fused-ring (bicyclic) bond motifs is 1. The van der Waals surface area contributed by atoms with Crippen molar-refractivity contribution in [3.05, 3.63) is 41.0 Å². The van der Waals surface area contributed by atoms with Crippen molar-refractivity contribution < 1.29 is 9.90 Å². The smallest absolute Gasteiger partial charge is 0.325 e. The van der Waals surface area contributed by atoms with Gasteiger partial charge in [0.15, 0.2) is 0 Å². The number of aromatic nitrogens is 1. The summed E-state index contributed by atoms with van der Waals surface area (Å²) in [7, 11) is 0. The molecule has 20 heavy (non-hydrogen) atoms. The molecule has 106 valence electrons. The van der Waals surface area contributed by atoms with Crippen LogP contribution in [0.15, 0.2) is 30.5 Å². The molecule has 2 aromatic rings. The van der Waals surface area contributed by atoms with Crippen LogP contribution in [0.1, 0.15) is 25.5 Å². The maximum Gasteiger partial charge on any atom is 0.325 e. The maximum absolute atomic E-state index is 11.7. The number of carboxylic acids is 1. The van der Waals surface area contributed by atoms with Crippen molar-refractivity contribution >= 4 is 28.5 Å². The Kier molecular flexibility index (Phi) is 4.57. The van der Waals surface area contributed by atoms with Gasteiger partial charge in [-0.1, -0.05) is 31.5 Å². The van der Waals surface area contributed by atoms with Gasteiger partial charge < -0.3 is 5.11 Å². The number of hydrogen-bond acceptors (Lipinski definition) is 3. The standard InChI is InChI=1S/C15H17ClN2O2/c1-3-18(4-2)14(15(19)20)11-7-8-12(16)10-6-5-9-17-13(10)11/h5-9,14H,3-4H2,1-2H3,(H,19,20). The average Bonchev–Trinajstić information content (AvgIpc) is 2.46. The predicted molar refractivity (Wildman–Crippen MR) is 80.1 cm³/mol. The molecule has 1 N–H and O–H groups in total. The minimum Gasteiger partial charge on any atom is -0.480 e. The predicted octanol–water partition coefficient (Wildman–Crippen LogP) is 3.36. The zero-order chi connectivity index (χ0) is 14.7. The second-order valence-corrected chi connectivity index (χ2v) is 4.91. The number of pyridine rings is 1. The van der Waals surface area contributed by atoms with Gasteiger partial charge in [-0.15, -0.1) is 0 Å². The minimum atomic E-state index is -0.872. The van der Waals surface area contributed by atoms with Crippen LogP contribution in [0.4, 0.5) is 0 Å². The van der Waals surface area contributed by atoms with Crippen LogP contribution >= 0.6 is 11.6 Å². The Morgan fingerprint density at radius 1 is 1.35 bits per heavy atom. The highest BCUT2D eigenvalue weighted by atomic mass is 35.5. The number of benzene rings is 1. The van der Waals surface area contributed by atoms with Gasteiger partial charge in [-0.05, 0) is 31.3 Å². The molecule has 1 heterocycles. The molecule has 0 spiro atoms. The second-order valence-electron chi connectivity index (χ2n) is 4.50. The fraction of sp³-hybridized carbons (Fsp3) is 0.333. The quantitative estimate of drug-likeness (QED) is 0.918. The monoisotopic (exact) mass is 292 g/mol. The number of carbonyl (C=O) groups is 1. The topological polar surface area (TPSA) is 53.4 Å². The Hall–Kier alpha value is -1.65. The lowest BCUT2D eigenvalue weighted by molar-refractivity contribution is -0.143. The van der Waals surface area contributed by atoms with E-state index in [2.05, 4.69) is 4.98 Å². The summed E-state index contributed by atoms with van der Waals surface area (Å²) in [5, 5.41) is 11.0. The number of carboxylic acid groups (broad SMARTS) is 1. The zero-order valence-electron chi connectivity index (χ0n) is 11.5. The van der Waals surface area contributed by atoms with Gasteiger partial charge in [0.25, 0.3) is 0 Å². The Balaban J connectivity index is 2.65. The third-order valence-electron chi connectivity index (χ3n) is 3.45. The molecule has 0 bridgehead atoms. The van der Waals surface area contributed by atoms with Gasteiger partial charge in [0.1, 0.15) is 6.04 Å². The van der Waals surface area contributed by atoms with Crippen molar-refractivity contribution in [3.63, 3.8) is 0 Å². The molecule has 0 aliphatic rings. The number of aliphatic carboxylic acids is 1. The molecule has 4 nitrogen and oxygen atoms in total. The van der Waals surface area contributed by atoms with Crippen molar-refractivity contribution in [1.29, 1.82) is 0 Å². The summed E-state index contributed by atoms with van der Waals surface area (Å²) in [5.41, 5.74) is 1.33. The van der Waals surface area contributed by atoms with Gasteiger partial charge >= 0.3 is 5.97 Å². The first-order valence-electron chi connectivity index (χ1n) is 6.60. The van der Waals surface area contributed by atoms with E-state index in [-0.39, 0.29) is 0 Å². The molecule has 1 aromatic carbocycles. The van der Waals surface area contributed by atoms with Gasteiger partial charge in [0.05, 0.1) is 5.52 Å². The third-order valence-corrected chi connectivity index (χ3v) is 3.78. The summed E-state index contributed by atoms with van der Waals surface area (Å²) in [6, 6.07) is 6.44. The van der Waals surface area contributed by atoms with Crippen LogP contribution in [0.25, 0.3) is 10.9 Å². The lowest BCUT2D eigenvalue weighted by Gasteiger charge is -2.27. The van der Waals surface area contributed by atoms with Crippen molar-refractivity contribution in [1.82, 2.24) is 9.88 Å². The van der Waals surface area contributed by atoms with Crippen molar-refractivity contribution in [2.45, 2.75) is 19.9 Å². The molecular formula is C15H17ClN2O2. The molecule has 0 aliphatic carbocycles. The molecule has 0 saturated carbocycles. The molecule has 1 unspecified atom stereocenters. The van der Waals surface area contributed by atoms with Crippen LogP contribution in [0, 0.1) is 0 Å². The summed E-state index contributed by atoms with van der Waals surface area (Å²) >= 11 is 6.16. The van der Waals surface area contributed by atoms with Crippen LogP contribution in [0.2, 0.25) is 5.02 Å². The molecule has 1 aromatic heterocycles. The maximum atomic E-state index is 11.7. The number of rotatable bonds is 5. The molecule has 0 radical (unpaired) electrons. The Morgan fingerprint density at radius 3 is 2.65 bits per heavy atom. The first-order chi connectivity index (χ1) is 9.60. The van der Waals surface area contributed by atoms with E-state index in [0.717, 1.165) is 5.39 Å². The SMILES string of the molecule is CCN(CC)C(C(=O)O)c1ccc(Cl)c2cccnc12. The van der Waals surface area contributed by atoms with E-state index in [9.17, 15) is 9.90 Å². The molecule has 2 rings (SSSR count). The highest BCUT2D eigenvalue weighted by Crippen LogP contribution is 2.31. The molecule has 5 heteroatoms. The van der Waals surface area contributed by atoms with Crippen molar-refractivity contribution in [2.75, 3.05) is 13.1 Å². The fourth-order valence-electron chi connectivity index (χ4n) is 2.46. The molecule has 0 fully saturated rings. The Labute approximate surface area is 123 Å². The second kappa shape index (κ2) is 6.20. The molecule has 1 atom stereocenters. The summed E-state index contributed by atoms with van der Waals surface area (Å²) in [6.45, 7) is 5.21. The highest BCUT2D eigenvalue weighted by molar-refractivity contribution is 6.35. The largest absolute Gasteiger partial charge is 0.480 e. The van der Waals surface area contributed by atoms with E-state index in [1.807, 2.05) is 24.8 Å². The summed E-state index contributed by atoms with van der Waals surface area (Å²) in [5.74, 6) is -0.872. The Bertz CT molecular complexity index is 626. The first kappa shape index (κ1) is 14.8. The van der Waals surface area contributed by atoms with E-state index in [4.69, 9.17) is 11.6 Å². The van der Waals surface area contributed by atoms with Crippen molar-refractivity contribution in [3.8, 4) is 0 Å². The van der Waals surface area contributed by atoms with Crippen LogP contribution in [-0.4, -0.2) is 34.0 Å². The number of nitrogens with zero attached hydrogens (tertiary/aromatic N) is 2. The van der Waals surface area contributed by atoms with Gasteiger partial charge in [0, 0.05) is 22.2 Å². The number of hydrogen-bond donors (Lipinski definition) is 1. The van der Waals surface area contributed by atoms with Gasteiger partial charge in [0.2, 0.25) is 0 Å². The average molecular weight is 293 g/mol. The third kappa shape index (κ3) is 2.62. The molecule has 0 saturated heterocycles. The van der Waals surface area contributed by atoms with Crippen LogP contribution in [0.3, 0.4) is 0 Å². The van der Waals surface area contributed by atoms with E-state index >= 15 is 0 Å². The van der Waals surface area contributed by atoms with Gasteiger partial charge in [-0.25, -0.2) is 0 Å². The summed E-state index contributed by atoms with van der Waals surface area (Å²) in [6.07, 6.45) is 1.66. The van der Waals surface area contributed by atoms with Gasteiger partial charge in [-0.3, -0.25) is 14.7 Å². The number of likely N-dealkylation sites (N-methyl/N-ethyl adjacent to an activating group) is 1. The normalized spacial score (nSPS) is 12.8. The summed E-state index contributed by atoms with van der Waals surface area (Å²) in [4.78, 5) is 17.9. The lowest BCUT2D eigenvalue weighted by atomic mass is 10.0. The van der Waals surface area contributed by atoms with Crippen LogP contribution < -0.4 is 0 Å². The highest BCUT2D eigenvalue weighted by Gasteiger charge is 2.27. The van der Waals surface area contributed by atoms with E-state index in [1.165, 1.54) is 0 Å². The zero-order valence-corrected chi connectivity index (χ0v) is 12.3. The van der Waals surface area contributed by atoms with Crippen LogP contribution in [0.5, 0.6) is 0 Å². The van der Waals surface area contributed by atoms with E-state index in [1.54, 1.807) is 24.4 Å². The van der Waals surface area contributed by atoms with Gasteiger partial charge in [-0.2, -0.15) is 0 Å². The summed E-state index contributed by atoms with van der Waals surface area (Å²) < 4.78 is 0. The molecular weight excluding hydrogens is 276 g/mol. The minimum absolute atomic E-state index is 0.584. The first-order valence-corrected chi connectivity index (χ1v) is 6.97. The van der Waals surface area contributed by atoms with E-state index < -0.39 is 12.0 Å². The fourth-order valence-corrected chi connectivity index (χ4v) is 2.67. The number of halogens is 1. The van der Waals surface area contributed by atoms with Crippen molar-refractivity contribution in [2.24, 2.45) is 0 Å².